The summed E-state index contributed by atoms with van der Waals surface area (Å²) in [5.41, 5.74) is 8.35. The molecular formula is C63H57N3O7S. The highest BCUT2D eigenvalue weighted by Gasteiger charge is 2.59. The Morgan fingerprint density at radius 3 is 1.62 bits per heavy atom. The minimum Gasteiger partial charge on any atom is -0.374 e. The second-order valence-electron chi connectivity index (χ2n) is 18.6. The van der Waals surface area contributed by atoms with Crippen molar-refractivity contribution >= 4 is 56.5 Å². The fourth-order valence-corrected chi connectivity index (χ4v) is 11.6. The zero-order valence-corrected chi connectivity index (χ0v) is 41.9. The summed E-state index contributed by atoms with van der Waals surface area (Å²) in [4.78, 5) is 35.3. The van der Waals surface area contributed by atoms with E-state index in [4.69, 9.17) is 23.7 Å². The average Bonchev–Trinajstić information content (AvgIpc) is 4.13. The van der Waals surface area contributed by atoms with Gasteiger partial charge in [-0.3, -0.25) is 14.5 Å². The van der Waals surface area contributed by atoms with E-state index in [0.29, 0.717) is 34.6 Å². The number of ether oxygens (including phenoxy) is 5. The van der Waals surface area contributed by atoms with Gasteiger partial charge in [-0.25, -0.2) is 0 Å². The number of amides is 2. The molecule has 0 bridgehead atoms. The molecule has 2 aliphatic heterocycles. The minimum atomic E-state index is -1.38. The second-order valence-corrected chi connectivity index (χ2v) is 20.0. The van der Waals surface area contributed by atoms with Gasteiger partial charge in [-0.1, -0.05) is 195 Å². The average molecular weight is 1000 g/mol. The van der Waals surface area contributed by atoms with Crippen molar-refractivity contribution in [2.75, 3.05) is 12.4 Å². The molecule has 9 aromatic rings. The summed E-state index contributed by atoms with van der Waals surface area (Å²) in [6.45, 7) is 3.49. The van der Waals surface area contributed by atoms with Gasteiger partial charge in [-0.15, -0.1) is 11.8 Å². The number of thioether (sulfide) groups is 1. The summed E-state index contributed by atoms with van der Waals surface area (Å²) >= 11 is 1.59. The molecule has 10 nitrogen and oxygen atoms in total. The highest BCUT2D eigenvalue weighted by Crippen LogP contribution is 2.51. The molecule has 7 aromatic carbocycles. The van der Waals surface area contributed by atoms with Gasteiger partial charge in [0.1, 0.15) is 24.4 Å². The highest BCUT2D eigenvalue weighted by molar-refractivity contribution is 7.99. The highest BCUT2D eigenvalue weighted by atomic mass is 32.2. The molecule has 1 N–H and O–H groups in total. The van der Waals surface area contributed by atoms with Gasteiger partial charge in [0, 0.05) is 39.8 Å². The number of nitrogens with one attached hydrogen (secondary N) is 1. The van der Waals surface area contributed by atoms with E-state index >= 15 is 9.59 Å². The van der Waals surface area contributed by atoms with Crippen molar-refractivity contribution in [2.45, 2.75) is 69.4 Å². The molecule has 1 saturated heterocycles. The van der Waals surface area contributed by atoms with Crippen LogP contribution in [-0.4, -0.2) is 63.0 Å². The molecule has 0 unspecified atom stereocenters. The van der Waals surface area contributed by atoms with Crippen molar-refractivity contribution in [3.8, 4) is 0 Å². The number of hydrogen-bond acceptors (Lipinski definition) is 8. The molecule has 0 spiro atoms. The first-order chi connectivity index (χ1) is 36.5. The Kier molecular flexibility index (Phi) is 14.8. The Labute approximate surface area is 435 Å². The zero-order chi connectivity index (χ0) is 50.3. The lowest BCUT2D eigenvalue weighted by Crippen LogP contribution is -2.66. The van der Waals surface area contributed by atoms with Crippen molar-refractivity contribution in [3.05, 3.63) is 252 Å². The molecular weight excluding hydrogens is 943 g/mol. The van der Waals surface area contributed by atoms with Crippen LogP contribution in [0.2, 0.25) is 0 Å². The maximum atomic E-state index is 15.4. The Balaban J connectivity index is 1.11. The Morgan fingerprint density at radius 1 is 0.541 bits per heavy atom. The molecule has 1 fully saturated rings. The third-order valence-corrected chi connectivity index (χ3v) is 15.0. The first-order valence-corrected chi connectivity index (χ1v) is 26.2. The van der Waals surface area contributed by atoms with E-state index < -0.39 is 29.5 Å². The van der Waals surface area contributed by atoms with Crippen molar-refractivity contribution in [1.29, 1.82) is 0 Å². The minimum absolute atomic E-state index is 0.107. The van der Waals surface area contributed by atoms with Gasteiger partial charge in [0.2, 0.25) is 5.06 Å². The van der Waals surface area contributed by atoms with Crippen molar-refractivity contribution in [1.82, 2.24) is 14.5 Å². The molecule has 11 rings (SSSR count). The molecule has 2 aliphatic rings. The van der Waals surface area contributed by atoms with Gasteiger partial charge >= 0.3 is 0 Å². The summed E-state index contributed by atoms with van der Waals surface area (Å²) in [6.07, 6.45) is 0.840. The summed E-state index contributed by atoms with van der Waals surface area (Å²) in [5, 5.41) is 0.227. The summed E-state index contributed by atoms with van der Waals surface area (Å²) < 4.78 is 38.3. The predicted molar refractivity (Wildman–Crippen MR) is 291 cm³/mol. The molecule has 11 heteroatoms. The van der Waals surface area contributed by atoms with Gasteiger partial charge < -0.3 is 33.2 Å². The largest absolute Gasteiger partial charge is 0.374 e. The van der Waals surface area contributed by atoms with Crippen LogP contribution in [0.15, 0.2) is 213 Å². The molecule has 2 amide bonds. The monoisotopic (exact) mass is 999 g/mol. The molecule has 74 heavy (non-hydrogen) atoms. The number of H-pyrrole nitrogens is 1. The van der Waals surface area contributed by atoms with Crippen LogP contribution in [0.25, 0.3) is 33.0 Å². The first kappa shape index (κ1) is 48.9. The van der Waals surface area contributed by atoms with Gasteiger partial charge in [-0.2, -0.15) is 0 Å². The number of hydrogen-bond donors (Lipinski definition) is 1. The van der Waals surface area contributed by atoms with Crippen LogP contribution in [0.5, 0.6) is 0 Å². The van der Waals surface area contributed by atoms with Gasteiger partial charge in [0.05, 0.1) is 56.2 Å². The maximum Gasteiger partial charge on any atom is 0.262 e. The number of benzene rings is 7. The van der Waals surface area contributed by atoms with Crippen LogP contribution in [0.1, 0.15) is 45.9 Å². The smallest absolute Gasteiger partial charge is 0.262 e. The fraction of sp³-hybridized carbons (Fsp3) is 0.206. The van der Waals surface area contributed by atoms with Crippen LogP contribution >= 0.6 is 11.8 Å². The number of imide groups is 1. The van der Waals surface area contributed by atoms with Crippen molar-refractivity contribution in [3.63, 3.8) is 0 Å². The number of carbonyl (C=O) groups excluding carboxylic acids is 2. The Hall–Kier alpha value is -7.35. The molecule has 372 valence electrons. The number of carbonyl (C=O) groups is 2. The molecule has 4 heterocycles. The third kappa shape index (κ3) is 10.0. The normalized spacial score (nSPS) is 20.0. The number of para-hydroxylation sites is 2. The first-order valence-electron chi connectivity index (χ1n) is 25.2. The van der Waals surface area contributed by atoms with E-state index in [1.807, 2.05) is 200 Å². The molecule has 2 aromatic heterocycles. The number of aromatic amines is 1. The maximum absolute atomic E-state index is 15.4. The lowest BCUT2D eigenvalue weighted by atomic mass is 9.95. The van der Waals surface area contributed by atoms with Crippen molar-refractivity contribution in [2.24, 2.45) is 0 Å². The quantitative estimate of drug-likeness (QED) is 0.0753. The van der Waals surface area contributed by atoms with E-state index in [-0.39, 0.29) is 44.8 Å². The Bertz CT molecular complexity index is 3370. The lowest BCUT2D eigenvalue weighted by Gasteiger charge is -2.53. The summed E-state index contributed by atoms with van der Waals surface area (Å²) in [7, 11) is 0. The van der Waals surface area contributed by atoms with E-state index in [2.05, 4.69) is 28.6 Å². The van der Waals surface area contributed by atoms with Crippen LogP contribution in [0, 0.1) is 0 Å². The van der Waals surface area contributed by atoms with Crippen LogP contribution in [-0.2, 0) is 71.3 Å². The predicted octanol–water partition coefficient (Wildman–Crippen LogP) is 12.3. The van der Waals surface area contributed by atoms with E-state index in [1.165, 1.54) is 4.90 Å². The van der Waals surface area contributed by atoms with E-state index in [0.717, 1.165) is 49.6 Å². The van der Waals surface area contributed by atoms with Crippen LogP contribution in [0.4, 0.5) is 0 Å². The lowest BCUT2D eigenvalue weighted by molar-refractivity contribution is -0.303. The Morgan fingerprint density at radius 2 is 1.03 bits per heavy atom. The SMILES string of the molecule is CCS[C@@]1(n2cc(C3=C(c4c[nH]c5ccccc45)C(=O)N(Cc4ccccc4)C3=O)c3ccccc32)O[C@H](COCc2ccccc2)[C@@H](OCc2ccccc2)[C@H](OCc2ccccc2)[C@H]1OCc1ccccc1. The molecule has 5 atom stereocenters. The van der Waals surface area contributed by atoms with Crippen LogP contribution < -0.4 is 0 Å². The number of rotatable bonds is 20. The summed E-state index contributed by atoms with van der Waals surface area (Å²) in [6, 6.07) is 65.9. The van der Waals surface area contributed by atoms with Gasteiger partial charge in [0.15, 0.2) is 0 Å². The fourth-order valence-electron chi connectivity index (χ4n) is 10.3. The second kappa shape index (κ2) is 22.4. The molecule has 0 radical (unpaired) electrons. The number of aromatic nitrogens is 2. The third-order valence-electron chi connectivity index (χ3n) is 13.8. The summed E-state index contributed by atoms with van der Waals surface area (Å²) in [5.74, 6) is -0.155. The molecule has 0 saturated carbocycles. The van der Waals surface area contributed by atoms with Crippen LogP contribution in [0.3, 0.4) is 0 Å². The number of fused-ring (bicyclic) bond motifs is 2. The van der Waals surface area contributed by atoms with E-state index in [1.54, 1.807) is 11.8 Å². The zero-order valence-electron chi connectivity index (χ0n) is 41.1. The topological polar surface area (TPSA) is 104 Å². The number of nitrogens with zero attached hydrogens (tertiary/aromatic N) is 2. The van der Waals surface area contributed by atoms with Gasteiger partial charge in [0.25, 0.3) is 11.8 Å². The van der Waals surface area contributed by atoms with Crippen molar-refractivity contribution < 1.29 is 33.3 Å². The molecule has 0 aliphatic carbocycles. The van der Waals surface area contributed by atoms with Gasteiger partial charge in [-0.05, 0) is 45.7 Å². The standard InChI is InChI=1S/C63H57N3O7S/c1-2-74-63(66-38-52(50-33-19-21-35-54(50)66)57-56(51-36-64-53-34-20-18-32-49(51)53)61(67)65(62(57)68)37-44-22-8-3-9-23-44)60(72-42-48-30-16-7-17-31-48)59(71-41-47-28-14-6-15-29-47)58(70-40-46-26-12-5-13-27-46)55(73-63)43-69-39-45-24-10-4-11-25-45/h3-36,38,55,58-60,64H,2,37,39-43H2,1H3/t55-,58-,59+,60-,63+/m1/s1. The van der Waals surface area contributed by atoms with E-state index in [9.17, 15) is 0 Å².